The zero-order valence-corrected chi connectivity index (χ0v) is 19.5. The summed E-state index contributed by atoms with van der Waals surface area (Å²) in [6.07, 6.45) is 0. The summed E-state index contributed by atoms with van der Waals surface area (Å²) in [6, 6.07) is 0. The van der Waals surface area contributed by atoms with Crippen LogP contribution in [0.3, 0.4) is 0 Å². The highest BCUT2D eigenvalue weighted by Crippen LogP contribution is 2.30. The summed E-state index contributed by atoms with van der Waals surface area (Å²) in [5.41, 5.74) is 3.85. The van der Waals surface area contributed by atoms with Crippen molar-refractivity contribution in [3.63, 3.8) is 0 Å². The molecule has 0 radical (unpaired) electrons. The monoisotopic (exact) mass is 319 g/mol. The average molecular weight is 320 g/mol. The second-order valence-electron chi connectivity index (χ2n) is 7.20. The van der Waals surface area contributed by atoms with Crippen molar-refractivity contribution in [3.8, 4) is 0 Å². The Balaban J connectivity index is 5.22. The van der Waals surface area contributed by atoms with E-state index >= 15 is 0 Å². The molecule has 0 aromatic heterocycles. The van der Waals surface area contributed by atoms with Crippen LogP contribution >= 0.6 is 0 Å². The van der Waals surface area contributed by atoms with Crippen LogP contribution in [0.4, 0.5) is 0 Å². The van der Waals surface area contributed by atoms with Crippen LogP contribution in [-0.2, 0) is 0 Å². The third kappa shape index (κ3) is 5.44. The van der Waals surface area contributed by atoms with E-state index in [1.165, 1.54) is 0 Å². The second kappa shape index (κ2) is 8.89. The predicted molar refractivity (Wildman–Crippen MR) is 99.5 cm³/mol. The minimum absolute atomic E-state index is 0.165. The van der Waals surface area contributed by atoms with Gasteiger partial charge in [-0.3, -0.25) is 0 Å². The van der Waals surface area contributed by atoms with Crippen molar-refractivity contribution < 1.29 is 0 Å². The number of nitrogens with zero attached hydrogens (tertiary/aromatic N) is 1. The first-order chi connectivity index (χ1) is 8.23. The molecule has 1 nitrogen and oxygen atoms in total. The van der Waals surface area contributed by atoms with Crippen molar-refractivity contribution in [2.24, 2.45) is 0 Å². The van der Waals surface area contributed by atoms with E-state index in [1.54, 1.807) is 0 Å². The zero-order chi connectivity index (χ0) is 14.5. The van der Waals surface area contributed by atoms with E-state index in [2.05, 4.69) is 65.8 Å². The lowest BCUT2D eigenvalue weighted by Gasteiger charge is -2.45. The van der Waals surface area contributed by atoms with Crippen LogP contribution in [-0.4, -0.2) is 40.0 Å². The first-order valence-corrected chi connectivity index (χ1v) is 17.7. The van der Waals surface area contributed by atoms with Gasteiger partial charge in [0.25, 0.3) is 0 Å². The van der Waals surface area contributed by atoms with Gasteiger partial charge < -0.3 is 3.90 Å². The molecular formula is C13H37NSi4. The Morgan fingerprint density at radius 3 is 1.11 bits per heavy atom. The maximum Gasteiger partial charge on any atom is 0.102 e. The van der Waals surface area contributed by atoms with E-state index in [0.29, 0.717) is 0 Å². The molecular weight excluding hydrogens is 282 g/mol. The van der Waals surface area contributed by atoms with Gasteiger partial charge in [0.2, 0.25) is 0 Å². The van der Waals surface area contributed by atoms with Crippen LogP contribution in [0, 0.1) is 0 Å². The molecule has 0 unspecified atom stereocenters. The van der Waals surface area contributed by atoms with Crippen LogP contribution in [0.1, 0.15) is 55.4 Å². The van der Waals surface area contributed by atoms with Crippen LogP contribution in [0.25, 0.3) is 0 Å². The fraction of sp³-hybridized carbons (Fsp3) is 1.00. The molecule has 0 fully saturated rings. The van der Waals surface area contributed by atoms with Crippen molar-refractivity contribution in [1.29, 1.82) is 0 Å². The molecule has 0 aromatic rings. The van der Waals surface area contributed by atoms with Gasteiger partial charge in [0.1, 0.15) is 17.9 Å². The SMILES string of the molecule is C[SiH2][SiH2]N([SiH](C(C)C)C(C)C)[SiH](C(C)C)C(C)C. The number of hydrogen-bond acceptors (Lipinski definition) is 1. The summed E-state index contributed by atoms with van der Waals surface area (Å²) < 4.78 is 3.29. The lowest BCUT2D eigenvalue weighted by atomic mass is 10.5. The Morgan fingerprint density at radius 1 is 0.667 bits per heavy atom. The van der Waals surface area contributed by atoms with Gasteiger partial charge in [-0.15, -0.1) is 0 Å². The Kier molecular flexibility index (Phi) is 9.30. The van der Waals surface area contributed by atoms with Crippen LogP contribution in [0.2, 0.25) is 28.7 Å². The summed E-state index contributed by atoms with van der Waals surface area (Å²) in [6.45, 7) is 22.6. The molecule has 18 heavy (non-hydrogen) atoms. The lowest BCUT2D eigenvalue weighted by Crippen LogP contribution is -2.57. The van der Waals surface area contributed by atoms with Crippen LogP contribution in [0.5, 0.6) is 0 Å². The summed E-state index contributed by atoms with van der Waals surface area (Å²) >= 11 is 0. The summed E-state index contributed by atoms with van der Waals surface area (Å²) in [7, 11) is -0.931. The van der Waals surface area contributed by atoms with Gasteiger partial charge in [0, 0.05) is 9.04 Å². The van der Waals surface area contributed by atoms with Crippen molar-refractivity contribution in [1.82, 2.24) is 3.90 Å². The van der Waals surface area contributed by atoms with E-state index in [4.69, 9.17) is 0 Å². The largest absolute Gasteiger partial charge is 0.379 e. The minimum atomic E-state index is -0.692. The molecule has 0 saturated heterocycles. The molecule has 5 heteroatoms. The van der Waals surface area contributed by atoms with Gasteiger partial charge in [-0.2, -0.15) is 0 Å². The third-order valence-corrected chi connectivity index (χ3v) is 24.1. The third-order valence-electron chi connectivity index (χ3n) is 3.98. The highest BCUT2D eigenvalue weighted by Gasteiger charge is 2.34. The zero-order valence-electron chi connectivity index (χ0n) is 14.3. The topological polar surface area (TPSA) is 3.24 Å². The standard InChI is InChI=1S/C13H37NSi4/c1-10(2)17(11(3)4)14(16-15-9)18(12(5)6)13(7)8/h10-13,17-18H,15-16H2,1-9H3. The van der Waals surface area contributed by atoms with Gasteiger partial charge in [0.15, 0.2) is 0 Å². The molecule has 0 aliphatic rings. The molecule has 0 atom stereocenters. The average Bonchev–Trinajstić information content (AvgIpc) is 2.14. The molecule has 0 aromatic carbocycles. The quantitative estimate of drug-likeness (QED) is 0.622. The molecule has 0 rings (SSSR count). The Hall–Kier alpha value is 0.828. The Labute approximate surface area is 124 Å². The van der Waals surface area contributed by atoms with Gasteiger partial charge >= 0.3 is 0 Å². The fourth-order valence-corrected chi connectivity index (χ4v) is 35.2. The van der Waals surface area contributed by atoms with E-state index in [9.17, 15) is 0 Å². The molecule has 110 valence electrons. The second-order valence-corrected chi connectivity index (χ2v) is 24.4. The fourth-order valence-electron chi connectivity index (χ4n) is 3.83. The summed E-state index contributed by atoms with van der Waals surface area (Å²) in [5, 5.41) is 0. The van der Waals surface area contributed by atoms with Crippen LogP contribution in [0.15, 0.2) is 0 Å². The molecule has 0 amide bonds. The predicted octanol–water partition coefficient (Wildman–Crippen LogP) is 2.59. The smallest absolute Gasteiger partial charge is 0.102 e. The molecule has 0 N–H and O–H groups in total. The first kappa shape index (κ1) is 18.8. The number of hydrogen-bond donors (Lipinski definition) is 0. The normalized spacial score (nSPS) is 14.7. The molecule has 0 spiro atoms. The Morgan fingerprint density at radius 2 is 0.944 bits per heavy atom. The highest BCUT2D eigenvalue weighted by atomic mass is 29.2. The maximum absolute atomic E-state index is 3.29. The highest BCUT2D eigenvalue weighted by molar-refractivity contribution is 7.06. The van der Waals surface area contributed by atoms with E-state index in [1.807, 2.05) is 0 Å². The van der Waals surface area contributed by atoms with Crippen molar-refractivity contribution in [2.75, 3.05) is 0 Å². The summed E-state index contributed by atoms with van der Waals surface area (Å²) in [4.78, 5) is 0. The molecule has 0 aliphatic carbocycles. The van der Waals surface area contributed by atoms with Gasteiger partial charge in [-0.25, -0.2) is 0 Å². The molecule has 0 saturated carbocycles. The lowest BCUT2D eigenvalue weighted by molar-refractivity contribution is 0.777. The van der Waals surface area contributed by atoms with Crippen molar-refractivity contribution >= 4 is 36.2 Å². The first-order valence-electron chi connectivity index (χ1n) is 7.99. The summed E-state index contributed by atoms with van der Waals surface area (Å²) in [5.74, 6) is 0. The molecule has 0 aliphatic heterocycles. The van der Waals surface area contributed by atoms with Gasteiger partial charge in [-0.05, 0) is 22.2 Å². The van der Waals surface area contributed by atoms with E-state index in [-0.39, 0.29) is 18.2 Å². The van der Waals surface area contributed by atoms with Crippen LogP contribution < -0.4 is 0 Å². The molecule has 0 heterocycles. The minimum Gasteiger partial charge on any atom is -0.379 e. The Bertz CT molecular complexity index is 183. The van der Waals surface area contributed by atoms with E-state index in [0.717, 1.165) is 22.2 Å². The van der Waals surface area contributed by atoms with Crippen molar-refractivity contribution in [2.45, 2.75) is 84.1 Å². The number of rotatable bonds is 8. The van der Waals surface area contributed by atoms with Gasteiger partial charge in [-0.1, -0.05) is 61.9 Å². The van der Waals surface area contributed by atoms with E-state index < -0.39 is 17.9 Å². The van der Waals surface area contributed by atoms with Crippen molar-refractivity contribution in [3.05, 3.63) is 0 Å². The van der Waals surface area contributed by atoms with Gasteiger partial charge in [0.05, 0.1) is 9.20 Å². The maximum atomic E-state index is 3.29. The molecule has 0 bridgehead atoms.